The molecule has 0 fully saturated rings. The number of urea groups is 1. The van der Waals surface area contributed by atoms with Gasteiger partial charge in [0.25, 0.3) is 0 Å². The Labute approximate surface area is 117 Å². The van der Waals surface area contributed by atoms with Crippen molar-refractivity contribution in [1.29, 1.82) is 0 Å². The van der Waals surface area contributed by atoms with E-state index in [1.54, 1.807) is 22.5 Å². The predicted octanol–water partition coefficient (Wildman–Crippen LogP) is 3.46. The van der Waals surface area contributed by atoms with E-state index < -0.39 is 0 Å². The van der Waals surface area contributed by atoms with Crippen LogP contribution in [0.5, 0.6) is 0 Å². The molecule has 2 amide bonds. The summed E-state index contributed by atoms with van der Waals surface area (Å²) in [7, 11) is 0. The topological polar surface area (TPSA) is 45.5 Å². The number of nitrogens with zero attached hydrogens (tertiary/aromatic N) is 1. The average Bonchev–Trinajstić information content (AvgIpc) is 3.08. The molecule has 2 heterocycles. The molecule has 0 aliphatic rings. The summed E-state index contributed by atoms with van der Waals surface area (Å²) in [4.78, 5) is 15.1. The third-order valence-corrected chi connectivity index (χ3v) is 3.53. The van der Waals surface area contributed by atoms with E-state index in [1.165, 1.54) is 4.88 Å². The lowest BCUT2D eigenvalue weighted by atomic mass is 10.3. The molecule has 0 aromatic carbocycles. The van der Waals surface area contributed by atoms with Crippen LogP contribution in [0.1, 0.15) is 24.0 Å². The van der Waals surface area contributed by atoms with Gasteiger partial charge in [-0.05, 0) is 30.0 Å². The van der Waals surface area contributed by atoms with Gasteiger partial charge in [-0.1, -0.05) is 13.0 Å². The molecule has 0 saturated heterocycles. The second-order valence-electron chi connectivity index (χ2n) is 4.25. The van der Waals surface area contributed by atoms with Crippen molar-refractivity contribution in [2.45, 2.75) is 26.4 Å². The molecule has 0 aliphatic heterocycles. The minimum Gasteiger partial charge on any atom is -0.467 e. The number of rotatable bonds is 6. The van der Waals surface area contributed by atoms with Crippen LogP contribution in [0.4, 0.5) is 4.79 Å². The molecule has 0 atom stereocenters. The quantitative estimate of drug-likeness (QED) is 0.879. The Balaban J connectivity index is 2.01. The lowest BCUT2D eigenvalue weighted by molar-refractivity contribution is 0.188. The van der Waals surface area contributed by atoms with Crippen molar-refractivity contribution in [2.24, 2.45) is 0 Å². The molecular formula is C14H18N2O2S. The fourth-order valence-corrected chi connectivity index (χ4v) is 2.44. The average molecular weight is 278 g/mol. The molecule has 2 aromatic heterocycles. The Morgan fingerprint density at radius 3 is 2.89 bits per heavy atom. The number of furan rings is 1. The maximum absolute atomic E-state index is 12.1. The van der Waals surface area contributed by atoms with Crippen molar-refractivity contribution in [3.63, 3.8) is 0 Å². The van der Waals surface area contributed by atoms with Crippen molar-refractivity contribution in [1.82, 2.24) is 10.2 Å². The Hall–Kier alpha value is -1.75. The van der Waals surface area contributed by atoms with Crippen molar-refractivity contribution >= 4 is 17.4 Å². The van der Waals surface area contributed by atoms with Gasteiger partial charge in [0.15, 0.2) is 0 Å². The molecule has 4 nitrogen and oxygen atoms in total. The maximum Gasteiger partial charge on any atom is 0.318 e. The normalized spacial score (nSPS) is 10.4. The van der Waals surface area contributed by atoms with Crippen LogP contribution >= 0.6 is 11.3 Å². The van der Waals surface area contributed by atoms with E-state index in [4.69, 9.17) is 4.42 Å². The minimum atomic E-state index is -0.0494. The van der Waals surface area contributed by atoms with E-state index >= 15 is 0 Å². The monoisotopic (exact) mass is 278 g/mol. The van der Waals surface area contributed by atoms with Gasteiger partial charge in [0.2, 0.25) is 0 Å². The summed E-state index contributed by atoms with van der Waals surface area (Å²) >= 11 is 1.65. The summed E-state index contributed by atoms with van der Waals surface area (Å²) in [6, 6.07) is 7.70. The number of hydrogen-bond donors (Lipinski definition) is 1. The summed E-state index contributed by atoms with van der Waals surface area (Å²) in [6.45, 7) is 3.82. The summed E-state index contributed by atoms with van der Waals surface area (Å²) in [5.41, 5.74) is 0. The fraction of sp³-hybridized carbons (Fsp3) is 0.357. The molecule has 2 rings (SSSR count). The third-order valence-electron chi connectivity index (χ3n) is 2.67. The van der Waals surface area contributed by atoms with Gasteiger partial charge in [0.05, 0.1) is 19.4 Å². The van der Waals surface area contributed by atoms with Crippen LogP contribution in [0.25, 0.3) is 0 Å². The molecule has 0 spiro atoms. The van der Waals surface area contributed by atoms with E-state index in [1.807, 2.05) is 36.6 Å². The van der Waals surface area contributed by atoms with Gasteiger partial charge in [-0.3, -0.25) is 0 Å². The summed E-state index contributed by atoms with van der Waals surface area (Å²) in [6.07, 6.45) is 2.56. The van der Waals surface area contributed by atoms with Crippen LogP contribution in [0.15, 0.2) is 40.3 Å². The highest BCUT2D eigenvalue weighted by molar-refractivity contribution is 7.09. The van der Waals surface area contributed by atoms with E-state index in [0.29, 0.717) is 19.6 Å². The van der Waals surface area contributed by atoms with Crippen LogP contribution in [-0.4, -0.2) is 17.5 Å². The first kappa shape index (κ1) is 13.7. The summed E-state index contributed by atoms with van der Waals surface area (Å²) in [5, 5.41) is 4.93. The van der Waals surface area contributed by atoms with Crippen molar-refractivity contribution in [3.05, 3.63) is 46.5 Å². The highest BCUT2D eigenvalue weighted by Gasteiger charge is 2.15. The molecule has 0 radical (unpaired) electrons. The number of nitrogens with one attached hydrogen (secondary N) is 1. The van der Waals surface area contributed by atoms with Crippen molar-refractivity contribution < 1.29 is 9.21 Å². The number of thiophene rings is 1. The lowest BCUT2D eigenvalue weighted by Gasteiger charge is -2.21. The van der Waals surface area contributed by atoms with Crippen LogP contribution in [-0.2, 0) is 13.1 Å². The Kier molecular flexibility index (Phi) is 5.03. The summed E-state index contributed by atoms with van der Waals surface area (Å²) in [5.74, 6) is 0.795. The van der Waals surface area contributed by atoms with Gasteiger partial charge in [0, 0.05) is 11.4 Å². The summed E-state index contributed by atoms with van der Waals surface area (Å²) < 4.78 is 5.32. The SMILES string of the molecule is CCCNC(=O)N(Cc1ccco1)Cc1cccs1. The van der Waals surface area contributed by atoms with Gasteiger partial charge in [-0.25, -0.2) is 4.79 Å². The molecule has 0 aliphatic carbocycles. The Morgan fingerprint density at radius 2 is 2.26 bits per heavy atom. The van der Waals surface area contributed by atoms with E-state index in [9.17, 15) is 4.79 Å². The molecule has 5 heteroatoms. The minimum absolute atomic E-state index is 0.0494. The molecule has 0 saturated carbocycles. The number of amides is 2. The second kappa shape index (κ2) is 6.99. The first-order valence-electron chi connectivity index (χ1n) is 6.37. The fourth-order valence-electron chi connectivity index (χ4n) is 1.72. The van der Waals surface area contributed by atoms with E-state index in [-0.39, 0.29) is 6.03 Å². The highest BCUT2D eigenvalue weighted by Crippen LogP contribution is 2.14. The van der Waals surface area contributed by atoms with E-state index in [0.717, 1.165) is 12.2 Å². The van der Waals surface area contributed by atoms with Crippen LogP contribution < -0.4 is 5.32 Å². The Morgan fingerprint density at radius 1 is 1.37 bits per heavy atom. The highest BCUT2D eigenvalue weighted by atomic mass is 32.1. The van der Waals surface area contributed by atoms with Crippen LogP contribution in [0, 0.1) is 0 Å². The van der Waals surface area contributed by atoms with Gasteiger partial charge in [-0.15, -0.1) is 11.3 Å². The number of carbonyl (C=O) groups is 1. The predicted molar refractivity (Wildman–Crippen MR) is 76.0 cm³/mol. The van der Waals surface area contributed by atoms with Crippen LogP contribution in [0.2, 0.25) is 0 Å². The lowest BCUT2D eigenvalue weighted by Crippen LogP contribution is -2.39. The zero-order valence-corrected chi connectivity index (χ0v) is 11.8. The molecule has 2 aromatic rings. The molecule has 0 bridgehead atoms. The maximum atomic E-state index is 12.1. The number of carbonyl (C=O) groups excluding carboxylic acids is 1. The second-order valence-corrected chi connectivity index (χ2v) is 5.28. The molecule has 0 unspecified atom stereocenters. The molecule has 1 N–H and O–H groups in total. The number of hydrogen-bond acceptors (Lipinski definition) is 3. The van der Waals surface area contributed by atoms with Crippen LogP contribution in [0.3, 0.4) is 0 Å². The van der Waals surface area contributed by atoms with Gasteiger partial charge in [-0.2, -0.15) is 0 Å². The Bertz CT molecular complexity index is 443. The molecule has 19 heavy (non-hydrogen) atoms. The molecular weight excluding hydrogens is 260 g/mol. The first-order valence-corrected chi connectivity index (χ1v) is 7.25. The largest absolute Gasteiger partial charge is 0.467 e. The smallest absolute Gasteiger partial charge is 0.318 e. The molecule has 102 valence electrons. The first-order chi connectivity index (χ1) is 9.29. The van der Waals surface area contributed by atoms with Gasteiger partial charge < -0.3 is 14.6 Å². The zero-order chi connectivity index (χ0) is 13.5. The zero-order valence-electron chi connectivity index (χ0n) is 11.0. The van der Waals surface area contributed by atoms with Crippen molar-refractivity contribution in [3.8, 4) is 0 Å². The van der Waals surface area contributed by atoms with Gasteiger partial charge in [0.1, 0.15) is 5.76 Å². The van der Waals surface area contributed by atoms with E-state index in [2.05, 4.69) is 5.32 Å². The third kappa shape index (κ3) is 4.13. The van der Waals surface area contributed by atoms with Crippen molar-refractivity contribution in [2.75, 3.05) is 6.54 Å². The standard InChI is InChI=1S/C14H18N2O2S/c1-2-7-15-14(17)16(10-12-5-3-8-18-12)11-13-6-4-9-19-13/h3-6,8-9H,2,7,10-11H2,1H3,(H,15,17). The van der Waals surface area contributed by atoms with Gasteiger partial charge >= 0.3 is 6.03 Å².